The maximum absolute atomic E-state index is 13.0. The van der Waals surface area contributed by atoms with Crippen molar-refractivity contribution in [3.05, 3.63) is 65.2 Å². The van der Waals surface area contributed by atoms with Gasteiger partial charge in [0.25, 0.3) is 5.91 Å². The first-order valence-electron chi connectivity index (χ1n) is 10.4. The van der Waals surface area contributed by atoms with Crippen LogP contribution in [0.1, 0.15) is 29.0 Å². The van der Waals surface area contributed by atoms with Crippen LogP contribution in [0.5, 0.6) is 0 Å². The highest BCUT2D eigenvalue weighted by Crippen LogP contribution is 2.26. The highest BCUT2D eigenvalue weighted by Gasteiger charge is 2.25. The van der Waals surface area contributed by atoms with Gasteiger partial charge in [-0.25, -0.2) is 0 Å². The van der Waals surface area contributed by atoms with Crippen LogP contribution in [0.3, 0.4) is 0 Å². The highest BCUT2D eigenvalue weighted by atomic mass is 32.1. The third-order valence-electron chi connectivity index (χ3n) is 5.53. The van der Waals surface area contributed by atoms with Gasteiger partial charge in [-0.1, -0.05) is 36.4 Å². The molecule has 2 aromatic heterocycles. The minimum absolute atomic E-state index is 0.0560. The third kappa shape index (κ3) is 5.03. The molecule has 162 valence electrons. The average molecular weight is 438 g/mol. The van der Waals surface area contributed by atoms with Crippen molar-refractivity contribution in [3.63, 3.8) is 0 Å². The Morgan fingerprint density at radius 3 is 2.52 bits per heavy atom. The van der Waals surface area contributed by atoms with Crippen molar-refractivity contribution in [3.8, 4) is 10.6 Å². The molecule has 1 saturated heterocycles. The Hall–Kier alpha value is -2.97. The van der Waals surface area contributed by atoms with E-state index in [9.17, 15) is 9.59 Å². The summed E-state index contributed by atoms with van der Waals surface area (Å²) in [5.41, 5.74) is 2.22. The van der Waals surface area contributed by atoms with Crippen molar-refractivity contribution in [1.82, 2.24) is 24.9 Å². The number of piperazine rings is 1. The summed E-state index contributed by atoms with van der Waals surface area (Å²) in [5.74, 6) is -0.224. The lowest BCUT2D eigenvalue weighted by molar-refractivity contribution is -0.122. The first-order valence-corrected chi connectivity index (χ1v) is 11.3. The molecule has 1 aliphatic heterocycles. The second-order valence-corrected chi connectivity index (χ2v) is 8.79. The minimum atomic E-state index is -0.143. The fourth-order valence-electron chi connectivity index (χ4n) is 3.68. The molecule has 0 radical (unpaired) electrons. The number of aromatic nitrogens is 2. The summed E-state index contributed by atoms with van der Waals surface area (Å²) in [6, 6.07) is 15.5. The number of thiophene rings is 1. The van der Waals surface area contributed by atoms with Gasteiger partial charge in [-0.15, -0.1) is 11.3 Å². The summed E-state index contributed by atoms with van der Waals surface area (Å²) in [5, 5.41) is 9.54. The molecule has 0 saturated carbocycles. The molecule has 0 unspecified atom stereocenters. The number of rotatable bonds is 6. The van der Waals surface area contributed by atoms with E-state index < -0.39 is 0 Å². The van der Waals surface area contributed by atoms with Gasteiger partial charge in [-0.05, 0) is 37.0 Å². The molecular formula is C23H27N5O2S. The van der Waals surface area contributed by atoms with E-state index in [0.29, 0.717) is 18.8 Å². The molecule has 3 heterocycles. The van der Waals surface area contributed by atoms with E-state index in [1.54, 1.807) is 22.1 Å². The third-order valence-corrected chi connectivity index (χ3v) is 6.43. The van der Waals surface area contributed by atoms with Crippen molar-refractivity contribution in [2.45, 2.75) is 19.5 Å². The summed E-state index contributed by atoms with van der Waals surface area (Å²) in [6.45, 7) is 5.09. The van der Waals surface area contributed by atoms with E-state index in [1.165, 1.54) is 0 Å². The lowest BCUT2D eigenvalue weighted by Crippen LogP contribution is -2.47. The van der Waals surface area contributed by atoms with Gasteiger partial charge in [0.15, 0.2) is 5.69 Å². The zero-order valence-corrected chi connectivity index (χ0v) is 18.6. The van der Waals surface area contributed by atoms with Crippen LogP contribution in [0.4, 0.5) is 0 Å². The SMILES string of the molecule is C[C@@H](NC(=O)Cn1nc(C(=O)N2CCN(C)CC2)cc1-c1cccs1)c1ccccc1. The Bertz CT molecular complexity index is 1020. The molecule has 0 aliphatic carbocycles. The molecule has 1 N–H and O–H groups in total. The van der Waals surface area contributed by atoms with Crippen LogP contribution in [-0.2, 0) is 11.3 Å². The minimum Gasteiger partial charge on any atom is -0.348 e. The first-order chi connectivity index (χ1) is 15.0. The van der Waals surface area contributed by atoms with Gasteiger partial charge in [-0.3, -0.25) is 14.3 Å². The molecule has 1 aromatic carbocycles. The maximum atomic E-state index is 13.0. The van der Waals surface area contributed by atoms with Crippen molar-refractivity contribution in [2.75, 3.05) is 33.2 Å². The Labute approximate surface area is 186 Å². The Morgan fingerprint density at radius 2 is 1.84 bits per heavy atom. The molecule has 0 spiro atoms. The van der Waals surface area contributed by atoms with Crippen LogP contribution in [-0.4, -0.2) is 64.6 Å². The molecule has 0 bridgehead atoms. The molecule has 31 heavy (non-hydrogen) atoms. The summed E-state index contributed by atoms with van der Waals surface area (Å²) in [4.78, 5) is 30.8. The number of amides is 2. The first kappa shape index (κ1) is 21.3. The van der Waals surface area contributed by atoms with Crippen LogP contribution in [0.15, 0.2) is 53.9 Å². The lowest BCUT2D eigenvalue weighted by Gasteiger charge is -2.31. The van der Waals surface area contributed by atoms with Crippen molar-refractivity contribution in [2.24, 2.45) is 0 Å². The number of hydrogen-bond donors (Lipinski definition) is 1. The zero-order chi connectivity index (χ0) is 21.8. The Kier molecular flexibility index (Phi) is 6.48. The number of benzene rings is 1. The van der Waals surface area contributed by atoms with Gasteiger partial charge in [0.05, 0.1) is 16.6 Å². The summed E-state index contributed by atoms with van der Waals surface area (Å²) in [7, 11) is 2.06. The van der Waals surface area contributed by atoms with E-state index in [0.717, 1.165) is 29.2 Å². The fourth-order valence-corrected chi connectivity index (χ4v) is 4.43. The van der Waals surface area contributed by atoms with E-state index in [4.69, 9.17) is 0 Å². The quantitative estimate of drug-likeness (QED) is 0.644. The Morgan fingerprint density at radius 1 is 1.10 bits per heavy atom. The molecular weight excluding hydrogens is 410 g/mol. The number of hydrogen-bond acceptors (Lipinski definition) is 5. The predicted molar refractivity (Wildman–Crippen MR) is 122 cm³/mol. The molecule has 1 atom stereocenters. The van der Waals surface area contributed by atoms with E-state index in [-0.39, 0.29) is 24.4 Å². The standard InChI is InChI=1S/C23H27N5O2S/c1-17(18-7-4-3-5-8-18)24-22(29)16-28-20(21-9-6-14-31-21)15-19(25-28)23(30)27-12-10-26(2)11-13-27/h3-9,14-15,17H,10-13,16H2,1-2H3,(H,24,29)/t17-/m1/s1. The van der Waals surface area contributed by atoms with Crippen molar-refractivity contribution < 1.29 is 9.59 Å². The smallest absolute Gasteiger partial charge is 0.274 e. The van der Waals surface area contributed by atoms with Crippen LogP contribution in [0.2, 0.25) is 0 Å². The number of nitrogens with zero attached hydrogens (tertiary/aromatic N) is 4. The monoisotopic (exact) mass is 437 g/mol. The van der Waals surface area contributed by atoms with Crippen LogP contribution < -0.4 is 5.32 Å². The molecule has 2 amide bonds. The second kappa shape index (κ2) is 9.45. The summed E-state index contributed by atoms with van der Waals surface area (Å²) < 4.78 is 1.64. The van der Waals surface area contributed by atoms with Gasteiger partial charge in [0, 0.05) is 26.2 Å². The largest absolute Gasteiger partial charge is 0.348 e. The number of carbonyl (C=O) groups is 2. The average Bonchev–Trinajstić information content (AvgIpc) is 3.44. The van der Waals surface area contributed by atoms with Crippen LogP contribution in [0.25, 0.3) is 10.6 Å². The molecule has 3 aromatic rings. The van der Waals surface area contributed by atoms with E-state index in [2.05, 4.69) is 22.4 Å². The highest BCUT2D eigenvalue weighted by molar-refractivity contribution is 7.13. The molecule has 1 aliphatic rings. The molecule has 1 fully saturated rings. The fraction of sp³-hybridized carbons (Fsp3) is 0.348. The van der Waals surface area contributed by atoms with E-state index >= 15 is 0 Å². The van der Waals surface area contributed by atoms with Crippen LogP contribution >= 0.6 is 11.3 Å². The van der Waals surface area contributed by atoms with Gasteiger partial charge in [0.1, 0.15) is 6.54 Å². The molecule has 7 nitrogen and oxygen atoms in total. The Balaban J connectivity index is 1.52. The number of nitrogens with one attached hydrogen (secondary N) is 1. The van der Waals surface area contributed by atoms with Crippen molar-refractivity contribution >= 4 is 23.2 Å². The number of carbonyl (C=O) groups excluding carboxylic acids is 2. The normalized spacial score (nSPS) is 15.6. The zero-order valence-electron chi connectivity index (χ0n) is 17.8. The van der Waals surface area contributed by atoms with E-state index in [1.807, 2.05) is 59.7 Å². The van der Waals surface area contributed by atoms with Crippen LogP contribution in [0, 0.1) is 0 Å². The van der Waals surface area contributed by atoms with Crippen molar-refractivity contribution in [1.29, 1.82) is 0 Å². The second-order valence-electron chi connectivity index (χ2n) is 7.85. The molecule has 8 heteroatoms. The number of likely N-dealkylation sites (N-methyl/N-ethyl adjacent to an activating group) is 1. The summed E-state index contributed by atoms with van der Waals surface area (Å²) in [6.07, 6.45) is 0. The topological polar surface area (TPSA) is 70.5 Å². The van der Waals surface area contributed by atoms with Gasteiger partial charge >= 0.3 is 0 Å². The maximum Gasteiger partial charge on any atom is 0.274 e. The van der Waals surface area contributed by atoms with Gasteiger partial charge in [-0.2, -0.15) is 5.10 Å². The summed E-state index contributed by atoms with van der Waals surface area (Å²) >= 11 is 1.56. The van der Waals surface area contributed by atoms with Gasteiger partial charge in [0.2, 0.25) is 5.91 Å². The predicted octanol–water partition coefficient (Wildman–Crippen LogP) is 2.88. The lowest BCUT2D eigenvalue weighted by atomic mass is 10.1. The van der Waals surface area contributed by atoms with Gasteiger partial charge < -0.3 is 15.1 Å². The molecule has 4 rings (SSSR count).